The van der Waals surface area contributed by atoms with Gasteiger partial charge in [0.05, 0.1) is 0 Å². The molecule has 0 spiro atoms. The van der Waals surface area contributed by atoms with Gasteiger partial charge in [-0.05, 0) is 63.9 Å². The Morgan fingerprint density at radius 3 is 2.00 bits per heavy atom. The van der Waals surface area contributed by atoms with Crippen LogP contribution < -0.4 is 5.32 Å². The molecule has 0 radical (unpaired) electrons. The van der Waals surface area contributed by atoms with Crippen LogP contribution in [0.4, 0.5) is 0 Å². The largest absolute Gasteiger partial charge is 0.308 e. The van der Waals surface area contributed by atoms with Gasteiger partial charge in [0.2, 0.25) is 0 Å². The first kappa shape index (κ1) is 14.1. The minimum absolute atomic E-state index is 0.195. The maximum atomic E-state index is 4.25. The minimum Gasteiger partial charge on any atom is -0.308 e. The Morgan fingerprint density at radius 1 is 1.11 bits per heavy atom. The van der Waals surface area contributed by atoms with Crippen LogP contribution in [-0.2, 0) is 0 Å². The highest BCUT2D eigenvalue weighted by atomic mass is 15.1. The number of nitrogens with one attached hydrogen (secondary N) is 1. The summed E-state index contributed by atoms with van der Waals surface area (Å²) in [6.45, 7) is 15.6. The summed E-state index contributed by atoms with van der Waals surface area (Å²) in [7, 11) is 0. The molecular formula is C16H30N2. The third kappa shape index (κ3) is 6.01. The summed E-state index contributed by atoms with van der Waals surface area (Å²) in [4.78, 5) is 2.65. The number of hydrogen-bond acceptors (Lipinski definition) is 2. The van der Waals surface area contributed by atoms with E-state index in [1.807, 2.05) is 0 Å². The summed E-state index contributed by atoms with van der Waals surface area (Å²) in [5, 5.41) is 3.54. The van der Waals surface area contributed by atoms with Crippen molar-refractivity contribution in [2.24, 2.45) is 11.8 Å². The number of rotatable bonds is 8. The number of hydrogen-bond donors (Lipinski definition) is 1. The second-order valence-corrected chi connectivity index (χ2v) is 7.43. The second kappa shape index (κ2) is 5.75. The van der Waals surface area contributed by atoms with E-state index in [0.29, 0.717) is 0 Å². The molecule has 0 aromatic heterocycles. The van der Waals surface area contributed by atoms with Gasteiger partial charge in [-0.25, -0.2) is 0 Å². The molecule has 2 heteroatoms. The van der Waals surface area contributed by atoms with E-state index in [-0.39, 0.29) is 5.54 Å². The van der Waals surface area contributed by atoms with E-state index in [1.165, 1.54) is 44.3 Å². The fourth-order valence-corrected chi connectivity index (χ4v) is 2.30. The molecule has 18 heavy (non-hydrogen) atoms. The van der Waals surface area contributed by atoms with E-state index in [2.05, 4.69) is 37.6 Å². The lowest BCUT2D eigenvalue weighted by molar-refractivity contribution is 0.269. The van der Waals surface area contributed by atoms with Crippen molar-refractivity contribution < 1.29 is 0 Å². The van der Waals surface area contributed by atoms with E-state index in [1.54, 1.807) is 0 Å². The lowest BCUT2D eigenvalue weighted by Crippen LogP contribution is -2.39. The lowest BCUT2D eigenvalue weighted by atomic mass is 10.1. The Kier molecular flexibility index (Phi) is 4.50. The van der Waals surface area contributed by atoms with Crippen LogP contribution in [0.15, 0.2) is 12.2 Å². The normalized spacial score (nSPS) is 20.4. The van der Waals surface area contributed by atoms with Crippen molar-refractivity contribution >= 4 is 0 Å². The molecule has 0 unspecified atom stereocenters. The molecule has 0 amide bonds. The Labute approximate surface area is 113 Å². The third-order valence-electron chi connectivity index (χ3n) is 3.74. The maximum absolute atomic E-state index is 4.25. The second-order valence-electron chi connectivity index (χ2n) is 7.43. The van der Waals surface area contributed by atoms with Crippen LogP contribution in [0.1, 0.15) is 46.5 Å². The zero-order valence-corrected chi connectivity index (χ0v) is 12.5. The van der Waals surface area contributed by atoms with E-state index >= 15 is 0 Å². The van der Waals surface area contributed by atoms with Gasteiger partial charge in [-0.2, -0.15) is 0 Å². The molecule has 2 nitrogen and oxygen atoms in total. The van der Waals surface area contributed by atoms with Gasteiger partial charge >= 0.3 is 0 Å². The van der Waals surface area contributed by atoms with E-state index in [4.69, 9.17) is 0 Å². The lowest BCUT2D eigenvalue weighted by Gasteiger charge is -2.26. The van der Waals surface area contributed by atoms with Gasteiger partial charge in [0, 0.05) is 31.7 Å². The quantitative estimate of drug-likeness (QED) is 0.666. The van der Waals surface area contributed by atoms with E-state index < -0.39 is 0 Å². The predicted molar refractivity (Wildman–Crippen MR) is 78.8 cm³/mol. The van der Waals surface area contributed by atoms with Gasteiger partial charge < -0.3 is 5.32 Å². The maximum Gasteiger partial charge on any atom is 0.0203 e. The van der Waals surface area contributed by atoms with Crippen LogP contribution in [0.5, 0.6) is 0 Å². The Morgan fingerprint density at radius 2 is 1.61 bits per heavy atom. The predicted octanol–water partition coefficient (Wildman–Crippen LogP) is 3.05. The molecule has 0 heterocycles. The van der Waals surface area contributed by atoms with Gasteiger partial charge in [0.25, 0.3) is 0 Å². The van der Waals surface area contributed by atoms with E-state index in [9.17, 15) is 0 Å². The van der Waals surface area contributed by atoms with Crippen LogP contribution in [0.3, 0.4) is 0 Å². The van der Waals surface area contributed by atoms with Gasteiger partial charge in [-0.1, -0.05) is 6.58 Å². The topological polar surface area (TPSA) is 15.3 Å². The Hall–Kier alpha value is -0.340. The van der Waals surface area contributed by atoms with Crippen molar-refractivity contribution in [3.8, 4) is 0 Å². The summed E-state index contributed by atoms with van der Waals surface area (Å²) < 4.78 is 0. The van der Waals surface area contributed by atoms with Crippen molar-refractivity contribution in [1.29, 1.82) is 0 Å². The molecule has 1 N–H and O–H groups in total. The SMILES string of the molecule is C=C(CNC(C)(C)C)CN(CC1CC1)CC1CC1. The van der Waals surface area contributed by atoms with Crippen molar-refractivity contribution in [1.82, 2.24) is 10.2 Å². The van der Waals surface area contributed by atoms with Gasteiger partial charge in [0.1, 0.15) is 0 Å². The Balaban J connectivity index is 1.70. The van der Waals surface area contributed by atoms with Crippen molar-refractivity contribution in [2.45, 2.75) is 52.0 Å². The average molecular weight is 250 g/mol. The fourth-order valence-electron chi connectivity index (χ4n) is 2.30. The zero-order valence-electron chi connectivity index (χ0n) is 12.5. The summed E-state index contributed by atoms with van der Waals surface area (Å²) >= 11 is 0. The molecule has 2 aliphatic rings. The van der Waals surface area contributed by atoms with Crippen molar-refractivity contribution in [3.05, 3.63) is 12.2 Å². The minimum atomic E-state index is 0.195. The summed E-state index contributed by atoms with van der Waals surface area (Å²) in [6.07, 6.45) is 5.81. The molecule has 0 atom stereocenters. The monoisotopic (exact) mass is 250 g/mol. The molecule has 0 aromatic carbocycles. The van der Waals surface area contributed by atoms with Crippen LogP contribution in [0.2, 0.25) is 0 Å². The first-order valence-corrected chi connectivity index (χ1v) is 7.56. The van der Waals surface area contributed by atoms with Crippen molar-refractivity contribution in [3.63, 3.8) is 0 Å². The highest BCUT2D eigenvalue weighted by Crippen LogP contribution is 2.33. The molecule has 0 saturated heterocycles. The van der Waals surface area contributed by atoms with Gasteiger partial charge in [0.15, 0.2) is 0 Å². The van der Waals surface area contributed by atoms with Gasteiger partial charge in [-0.15, -0.1) is 0 Å². The molecule has 104 valence electrons. The Bertz CT molecular complexity index is 268. The average Bonchev–Trinajstić information content (AvgIpc) is 3.09. The standard InChI is InChI=1S/C16H30N2/c1-13(9-17-16(2,3)4)10-18(11-14-5-6-14)12-15-7-8-15/h14-15,17H,1,5-12H2,2-4H3. The first-order valence-electron chi connectivity index (χ1n) is 7.56. The van der Waals surface area contributed by atoms with Crippen LogP contribution in [0.25, 0.3) is 0 Å². The molecule has 2 saturated carbocycles. The highest BCUT2D eigenvalue weighted by molar-refractivity contribution is 5.02. The molecule has 0 bridgehead atoms. The smallest absolute Gasteiger partial charge is 0.0203 e. The highest BCUT2D eigenvalue weighted by Gasteiger charge is 2.29. The molecular weight excluding hydrogens is 220 g/mol. The molecule has 0 aromatic rings. The fraction of sp³-hybridized carbons (Fsp3) is 0.875. The van der Waals surface area contributed by atoms with Crippen molar-refractivity contribution in [2.75, 3.05) is 26.2 Å². The van der Waals surface area contributed by atoms with Crippen LogP contribution in [0, 0.1) is 11.8 Å². The van der Waals surface area contributed by atoms with Gasteiger partial charge in [-0.3, -0.25) is 4.90 Å². The molecule has 2 rings (SSSR count). The summed E-state index contributed by atoms with van der Waals surface area (Å²) in [5.41, 5.74) is 1.53. The first-order chi connectivity index (χ1) is 8.42. The van der Waals surface area contributed by atoms with Crippen LogP contribution >= 0.6 is 0 Å². The third-order valence-corrected chi connectivity index (χ3v) is 3.74. The van der Waals surface area contributed by atoms with Crippen LogP contribution in [-0.4, -0.2) is 36.6 Å². The molecule has 0 aliphatic heterocycles. The summed E-state index contributed by atoms with van der Waals surface area (Å²) in [5.74, 6) is 1.99. The number of nitrogens with zero attached hydrogens (tertiary/aromatic N) is 1. The van der Waals surface area contributed by atoms with E-state index in [0.717, 1.165) is 24.9 Å². The zero-order chi connectivity index (χ0) is 13.2. The summed E-state index contributed by atoms with van der Waals surface area (Å²) in [6, 6.07) is 0. The molecule has 2 aliphatic carbocycles. The molecule has 2 fully saturated rings.